The minimum Gasteiger partial charge on any atom is -0.455 e. The lowest BCUT2D eigenvalue weighted by molar-refractivity contribution is -0.149. The third-order valence-corrected chi connectivity index (χ3v) is 3.83. The van der Waals surface area contributed by atoms with Crippen molar-refractivity contribution in [2.24, 2.45) is 0 Å². The number of ether oxygens (including phenoxy) is 2. The van der Waals surface area contributed by atoms with E-state index in [1.807, 2.05) is 13.0 Å². The number of rotatable bonds is 8. The maximum absolute atomic E-state index is 12.2. The van der Waals surface area contributed by atoms with Gasteiger partial charge in [0.25, 0.3) is 11.8 Å². The third kappa shape index (κ3) is 6.15. The number of hydrogen-bond acceptors (Lipinski definition) is 5. The molecule has 2 rings (SSSR count). The fourth-order valence-corrected chi connectivity index (χ4v) is 2.48. The van der Waals surface area contributed by atoms with Crippen molar-refractivity contribution < 1.29 is 32.6 Å². The Morgan fingerprint density at radius 1 is 1.00 bits per heavy atom. The first-order valence-electron chi connectivity index (χ1n) is 8.51. The number of carbonyl (C=O) groups is 3. The number of alkyl halides is 2. The molecule has 0 aliphatic heterocycles. The normalized spacial score (nSPS) is 11.6. The van der Waals surface area contributed by atoms with Crippen LogP contribution in [0.5, 0.6) is 5.75 Å². The van der Waals surface area contributed by atoms with Crippen LogP contribution in [-0.4, -0.2) is 31.0 Å². The highest BCUT2D eigenvalue weighted by Crippen LogP contribution is 2.20. The fraction of sp³-hybridized carbons (Fsp3) is 0.250. The molecule has 148 valence electrons. The summed E-state index contributed by atoms with van der Waals surface area (Å²) in [6, 6.07) is 13.8. The molecule has 28 heavy (non-hydrogen) atoms. The van der Waals surface area contributed by atoms with Crippen molar-refractivity contribution >= 4 is 17.8 Å². The summed E-state index contributed by atoms with van der Waals surface area (Å²) >= 11 is 0. The summed E-state index contributed by atoms with van der Waals surface area (Å²) in [6.07, 6.45) is 0.496. The molecule has 0 saturated carbocycles. The van der Waals surface area contributed by atoms with Crippen LogP contribution in [0.2, 0.25) is 0 Å². The maximum Gasteiger partial charge on any atom is 0.387 e. The van der Waals surface area contributed by atoms with Crippen molar-refractivity contribution in [3.63, 3.8) is 0 Å². The molecule has 0 aromatic heterocycles. The lowest BCUT2D eigenvalue weighted by Crippen LogP contribution is -2.34. The summed E-state index contributed by atoms with van der Waals surface area (Å²) in [4.78, 5) is 36.0. The summed E-state index contributed by atoms with van der Waals surface area (Å²) in [7, 11) is 0. The average Bonchev–Trinajstić information content (AvgIpc) is 2.68. The zero-order valence-corrected chi connectivity index (χ0v) is 15.1. The molecule has 0 aliphatic carbocycles. The highest BCUT2D eigenvalue weighted by Gasteiger charge is 2.21. The fourth-order valence-electron chi connectivity index (χ4n) is 2.48. The van der Waals surface area contributed by atoms with Crippen LogP contribution in [0.3, 0.4) is 0 Å². The number of amides is 2. The topological polar surface area (TPSA) is 81.7 Å². The van der Waals surface area contributed by atoms with E-state index in [9.17, 15) is 23.2 Å². The Balaban J connectivity index is 1.86. The first-order chi connectivity index (χ1) is 13.4. The van der Waals surface area contributed by atoms with Crippen LogP contribution < -0.4 is 10.1 Å². The highest BCUT2D eigenvalue weighted by molar-refractivity contribution is 6.05. The molecule has 6 nitrogen and oxygen atoms in total. The van der Waals surface area contributed by atoms with Crippen molar-refractivity contribution in [3.05, 3.63) is 65.7 Å². The minimum atomic E-state index is -2.97. The van der Waals surface area contributed by atoms with Gasteiger partial charge in [-0.15, -0.1) is 0 Å². The Bertz CT molecular complexity index is 809. The van der Waals surface area contributed by atoms with E-state index in [0.29, 0.717) is 6.42 Å². The Hall–Kier alpha value is -3.29. The third-order valence-electron chi connectivity index (χ3n) is 3.83. The van der Waals surface area contributed by atoms with Crippen molar-refractivity contribution in [1.29, 1.82) is 0 Å². The van der Waals surface area contributed by atoms with Crippen LogP contribution in [-0.2, 0) is 14.3 Å². The lowest BCUT2D eigenvalue weighted by Gasteiger charge is -2.14. The molecule has 0 radical (unpaired) electrons. The predicted octanol–water partition coefficient (Wildman–Crippen LogP) is 3.28. The molecule has 1 N–H and O–H groups in total. The van der Waals surface area contributed by atoms with E-state index in [1.54, 1.807) is 24.3 Å². The van der Waals surface area contributed by atoms with Crippen LogP contribution in [0.1, 0.15) is 35.2 Å². The number of carbonyl (C=O) groups excluding carboxylic acids is 3. The van der Waals surface area contributed by atoms with Crippen molar-refractivity contribution in [2.75, 3.05) is 6.61 Å². The predicted molar refractivity (Wildman–Crippen MR) is 96.0 cm³/mol. The maximum atomic E-state index is 12.2. The van der Waals surface area contributed by atoms with Crippen molar-refractivity contribution in [2.45, 2.75) is 25.9 Å². The summed E-state index contributed by atoms with van der Waals surface area (Å²) < 4.78 is 33.4. The average molecular weight is 391 g/mol. The van der Waals surface area contributed by atoms with Gasteiger partial charge in [-0.3, -0.25) is 19.7 Å². The molecule has 2 amide bonds. The number of hydrogen-bond donors (Lipinski definition) is 1. The second-order valence-electron chi connectivity index (χ2n) is 5.76. The van der Waals surface area contributed by atoms with Crippen LogP contribution in [0.4, 0.5) is 8.78 Å². The van der Waals surface area contributed by atoms with Crippen molar-refractivity contribution in [3.8, 4) is 5.75 Å². The van der Waals surface area contributed by atoms with Crippen LogP contribution >= 0.6 is 0 Å². The molecular formula is C20H19F2NO5. The van der Waals surface area contributed by atoms with Crippen LogP contribution in [0, 0.1) is 0 Å². The number of imide groups is 1. The van der Waals surface area contributed by atoms with E-state index in [1.165, 1.54) is 24.3 Å². The molecule has 1 atom stereocenters. The Labute approximate surface area is 160 Å². The van der Waals surface area contributed by atoms with E-state index in [2.05, 4.69) is 10.1 Å². The first-order valence-corrected chi connectivity index (χ1v) is 8.51. The van der Waals surface area contributed by atoms with Gasteiger partial charge in [0.15, 0.2) is 6.61 Å². The van der Waals surface area contributed by atoms with Gasteiger partial charge in [0.05, 0.1) is 5.92 Å². The van der Waals surface area contributed by atoms with E-state index < -0.39 is 36.9 Å². The van der Waals surface area contributed by atoms with E-state index in [-0.39, 0.29) is 11.3 Å². The standard InChI is InChI=1S/C20H19F2NO5/c1-2-16(13-6-4-3-5-7-13)19(26)27-12-17(24)23-18(25)14-8-10-15(11-9-14)28-20(21)22/h3-11,16,20H,2,12H2,1H3,(H,23,24,25). The van der Waals surface area contributed by atoms with Gasteiger partial charge in [0.2, 0.25) is 0 Å². The van der Waals surface area contributed by atoms with Gasteiger partial charge in [-0.1, -0.05) is 37.3 Å². The number of halogens is 2. The quantitative estimate of drug-likeness (QED) is 0.699. The van der Waals surface area contributed by atoms with Gasteiger partial charge in [0, 0.05) is 5.56 Å². The Morgan fingerprint density at radius 3 is 2.21 bits per heavy atom. The number of esters is 1. The lowest BCUT2D eigenvalue weighted by atomic mass is 9.97. The van der Waals surface area contributed by atoms with Crippen LogP contribution in [0.15, 0.2) is 54.6 Å². The second-order valence-corrected chi connectivity index (χ2v) is 5.76. The van der Waals surface area contributed by atoms with Crippen LogP contribution in [0.25, 0.3) is 0 Å². The van der Waals surface area contributed by atoms with Gasteiger partial charge in [0.1, 0.15) is 5.75 Å². The number of nitrogens with one attached hydrogen (secondary N) is 1. The van der Waals surface area contributed by atoms with Gasteiger partial charge >= 0.3 is 12.6 Å². The molecule has 0 aliphatic rings. The van der Waals surface area contributed by atoms with E-state index in [0.717, 1.165) is 5.56 Å². The van der Waals surface area contributed by atoms with Crippen molar-refractivity contribution in [1.82, 2.24) is 5.32 Å². The van der Waals surface area contributed by atoms with E-state index >= 15 is 0 Å². The Kier molecular flexibility index (Phi) is 7.62. The molecule has 0 spiro atoms. The molecule has 1 unspecified atom stereocenters. The molecule has 0 heterocycles. The largest absolute Gasteiger partial charge is 0.455 e. The molecule has 0 saturated heterocycles. The molecule has 0 fully saturated rings. The first kappa shape index (κ1) is 21.0. The second kappa shape index (κ2) is 10.1. The van der Waals surface area contributed by atoms with Gasteiger partial charge in [-0.2, -0.15) is 8.78 Å². The highest BCUT2D eigenvalue weighted by atomic mass is 19.3. The SMILES string of the molecule is CCC(C(=O)OCC(=O)NC(=O)c1ccc(OC(F)F)cc1)c1ccccc1. The number of benzene rings is 2. The smallest absolute Gasteiger partial charge is 0.387 e. The molecule has 8 heteroatoms. The van der Waals surface area contributed by atoms with Gasteiger partial charge < -0.3 is 9.47 Å². The minimum absolute atomic E-state index is 0.0667. The molecule has 0 bridgehead atoms. The molecule has 2 aromatic rings. The summed E-state index contributed by atoms with van der Waals surface area (Å²) in [5.74, 6) is -2.73. The van der Waals surface area contributed by atoms with Gasteiger partial charge in [-0.05, 0) is 36.2 Å². The summed E-state index contributed by atoms with van der Waals surface area (Å²) in [6.45, 7) is -1.76. The Morgan fingerprint density at radius 2 is 1.64 bits per heavy atom. The zero-order valence-electron chi connectivity index (χ0n) is 15.1. The zero-order chi connectivity index (χ0) is 20.5. The summed E-state index contributed by atoms with van der Waals surface area (Å²) in [5.41, 5.74) is 0.842. The van der Waals surface area contributed by atoms with E-state index in [4.69, 9.17) is 4.74 Å². The molecular weight excluding hydrogens is 372 g/mol. The monoisotopic (exact) mass is 391 g/mol. The summed E-state index contributed by atoms with van der Waals surface area (Å²) in [5, 5.41) is 2.06. The molecule has 2 aromatic carbocycles. The van der Waals surface area contributed by atoms with Gasteiger partial charge in [-0.25, -0.2) is 0 Å².